The molecule has 0 aliphatic rings. The number of hydrogen-bond donors (Lipinski definition) is 2. The van der Waals surface area contributed by atoms with Gasteiger partial charge in [-0.2, -0.15) is 0 Å². The topological polar surface area (TPSA) is 68.0 Å². The Hall–Kier alpha value is -1.49. The Morgan fingerprint density at radius 3 is 2.65 bits per heavy atom. The molecular formula is C12H17N3OS. The van der Waals surface area contributed by atoms with Crippen LogP contribution in [0.15, 0.2) is 18.3 Å². The predicted octanol–water partition coefficient (Wildman–Crippen LogP) is 1.89. The lowest BCUT2D eigenvalue weighted by molar-refractivity contribution is -0.118. The van der Waals surface area contributed by atoms with Crippen molar-refractivity contribution >= 4 is 28.8 Å². The van der Waals surface area contributed by atoms with E-state index < -0.39 is 5.92 Å². The maximum Gasteiger partial charge on any atom is 0.234 e. The number of carbonyl (C=O) groups excluding carboxylic acids is 1. The van der Waals surface area contributed by atoms with Crippen LogP contribution in [-0.2, 0) is 4.79 Å². The van der Waals surface area contributed by atoms with Crippen molar-refractivity contribution in [3.05, 3.63) is 24.0 Å². The van der Waals surface area contributed by atoms with Crippen LogP contribution >= 0.6 is 12.2 Å². The quantitative estimate of drug-likeness (QED) is 0.802. The third kappa shape index (κ3) is 3.49. The van der Waals surface area contributed by atoms with Crippen LogP contribution in [0.3, 0.4) is 0 Å². The van der Waals surface area contributed by atoms with Crippen LogP contribution in [0.2, 0.25) is 0 Å². The van der Waals surface area contributed by atoms with Crippen LogP contribution in [0.5, 0.6) is 0 Å². The molecular weight excluding hydrogens is 234 g/mol. The van der Waals surface area contributed by atoms with Gasteiger partial charge >= 0.3 is 0 Å². The third-order valence-electron chi connectivity index (χ3n) is 2.52. The summed E-state index contributed by atoms with van der Waals surface area (Å²) in [5.41, 5.74) is 7.05. The number of aromatic nitrogens is 1. The molecule has 0 aromatic carbocycles. The van der Waals surface area contributed by atoms with E-state index in [0.717, 1.165) is 5.69 Å². The fraction of sp³-hybridized carbons (Fsp3) is 0.417. The zero-order valence-electron chi connectivity index (χ0n) is 10.2. The molecule has 1 heterocycles. The Balaban J connectivity index is 2.85. The molecule has 0 fully saturated rings. The number of aryl methyl sites for hydroxylation is 1. The van der Waals surface area contributed by atoms with Crippen molar-refractivity contribution in [3.8, 4) is 0 Å². The fourth-order valence-corrected chi connectivity index (χ4v) is 1.97. The van der Waals surface area contributed by atoms with Crippen LogP contribution in [0, 0.1) is 18.8 Å². The van der Waals surface area contributed by atoms with E-state index in [1.807, 2.05) is 20.8 Å². The number of anilines is 1. The van der Waals surface area contributed by atoms with Crippen molar-refractivity contribution in [2.45, 2.75) is 20.8 Å². The van der Waals surface area contributed by atoms with Gasteiger partial charge < -0.3 is 11.1 Å². The second kappa shape index (κ2) is 5.72. The number of thiocarbonyl (C=S) groups is 1. The lowest BCUT2D eigenvalue weighted by Crippen LogP contribution is -2.36. The minimum absolute atomic E-state index is 0.0736. The van der Waals surface area contributed by atoms with E-state index in [2.05, 4.69) is 10.3 Å². The van der Waals surface area contributed by atoms with Gasteiger partial charge in [0, 0.05) is 6.20 Å². The maximum absolute atomic E-state index is 12.0. The average molecular weight is 251 g/mol. The smallest absolute Gasteiger partial charge is 0.234 e. The minimum atomic E-state index is -0.454. The Morgan fingerprint density at radius 1 is 1.53 bits per heavy atom. The molecule has 0 aliphatic carbocycles. The average Bonchev–Trinajstić information content (AvgIpc) is 2.20. The summed E-state index contributed by atoms with van der Waals surface area (Å²) < 4.78 is 0. The molecule has 1 rings (SSSR count). The molecule has 0 saturated carbocycles. The molecule has 1 aromatic heterocycles. The summed E-state index contributed by atoms with van der Waals surface area (Å²) in [4.78, 5) is 16.4. The highest BCUT2D eigenvalue weighted by Crippen LogP contribution is 2.16. The molecule has 5 heteroatoms. The maximum atomic E-state index is 12.0. The summed E-state index contributed by atoms with van der Waals surface area (Å²) in [7, 11) is 0. The second-order valence-electron chi connectivity index (χ2n) is 4.25. The molecule has 4 nitrogen and oxygen atoms in total. The monoisotopic (exact) mass is 251 g/mol. The Labute approximate surface area is 107 Å². The molecule has 3 N–H and O–H groups in total. The first kappa shape index (κ1) is 13.6. The van der Waals surface area contributed by atoms with Gasteiger partial charge in [-0.1, -0.05) is 26.1 Å². The molecule has 0 spiro atoms. The summed E-state index contributed by atoms with van der Waals surface area (Å²) in [5, 5.41) is 2.80. The first-order valence-electron chi connectivity index (χ1n) is 5.45. The van der Waals surface area contributed by atoms with E-state index in [1.54, 1.807) is 18.3 Å². The number of carbonyl (C=O) groups is 1. The van der Waals surface area contributed by atoms with Gasteiger partial charge in [-0.05, 0) is 25.0 Å². The van der Waals surface area contributed by atoms with Crippen LogP contribution in [0.1, 0.15) is 19.5 Å². The number of nitrogens with zero attached hydrogens (tertiary/aromatic N) is 1. The Kier molecular flexibility index (Phi) is 4.57. The molecule has 0 aliphatic heterocycles. The standard InChI is InChI=1S/C12H17N3OS/c1-7(2)10(11(13)17)12(16)15-9-5-4-6-14-8(9)3/h4-7,10H,1-3H3,(H2,13,17)(H,15,16). The highest BCUT2D eigenvalue weighted by Gasteiger charge is 2.25. The van der Waals surface area contributed by atoms with Crippen molar-refractivity contribution in [2.24, 2.45) is 17.6 Å². The summed E-state index contributed by atoms with van der Waals surface area (Å²) >= 11 is 4.92. The number of nitrogens with one attached hydrogen (secondary N) is 1. The summed E-state index contributed by atoms with van der Waals surface area (Å²) in [5.74, 6) is -0.558. The molecule has 1 amide bonds. The van der Waals surface area contributed by atoms with Crippen molar-refractivity contribution in [1.29, 1.82) is 0 Å². The van der Waals surface area contributed by atoms with E-state index in [0.29, 0.717) is 5.69 Å². The minimum Gasteiger partial charge on any atom is -0.393 e. The Bertz CT molecular complexity index is 432. The van der Waals surface area contributed by atoms with E-state index in [-0.39, 0.29) is 16.8 Å². The molecule has 1 unspecified atom stereocenters. The molecule has 0 saturated heterocycles. The lowest BCUT2D eigenvalue weighted by atomic mass is 9.95. The highest BCUT2D eigenvalue weighted by molar-refractivity contribution is 7.80. The van der Waals surface area contributed by atoms with Gasteiger partial charge in [-0.15, -0.1) is 0 Å². The molecule has 92 valence electrons. The van der Waals surface area contributed by atoms with Crippen molar-refractivity contribution in [3.63, 3.8) is 0 Å². The van der Waals surface area contributed by atoms with Crippen LogP contribution < -0.4 is 11.1 Å². The molecule has 0 bridgehead atoms. The first-order valence-corrected chi connectivity index (χ1v) is 5.86. The van der Waals surface area contributed by atoms with E-state index in [1.165, 1.54) is 0 Å². The zero-order valence-corrected chi connectivity index (χ0v) is 11.0. The van der Waals surface area contributed by atoms with Crippen molar-refractivity contribution in [1.82, 2.24) is 4.98 Å². The number of pyridine rings is 1. The normalized spacial score (nSPS) is 12.2. The summed E-state index contributed by atoms with van der Waals surface area (Å²) in [6.07, 6.45) is 1.68. The SMILES string of the molecule is Cc1ncccc1NC(=O)C(C(N)=S)C(C)C. The molecule has 17 heavy (non-hydrogen) atoms. The van der Waals surface area contributed by atoms with Gasteiger partial charge in [0.05, 0.1) is 22.3 Å². The third-order valence-corrected chi connectivity index (χ3v) is 2.77. The van der Waals surface area contributed by atoms with Crippen LogP contribution in [-0.4, -0.2) is 15.9 Å². The first-order chi connectivity index (χ1) is 7.93. The summed E-state index contributed by atoms with van der Waals surface area (Å²) in [6, 6.07) is 3.57. The number of rotatable bonds is 4. The fourth-order valence-electron chi connectivity index (χ4n) is 1.59. The number of amides is 1. The van der Waals surface area contributed by atoms with Gasteiger partial charge in [0.1, 0.15) is 0 Å². The number of nitrogens with two attached hydrogens (primary N) is 1. The molecule has 0 radical (unpaired) electrons. The van der Waals surface area contributed by atoms with E-state index >= 15 is 0 Å². The van der Waals surface area contributed by atoms with E-state index in [9.17, 15) is 4.79 Å². The van der Waals surface area contributed by atoms with Gasteiger partial charge in [0.15, 0.2) is 0 Å². The van der Waals surface area contributed by atoms with Gasteiger partial charge in [-0.25, -0.2) is 0 Å². The zero-order chi connectivity index (χ0) is 13.0. The van der Waals surface area contributed by atoms with Gasteiger partial charge in [-0.3, -0.25) is 9.78 Å². The summed E-state index contributed by atoms with van der Waals surface area (Å²) in [6.45, 7) is 5.67. The van der Waals surface area contributed by atoms with Crippen molar-refractivity contribution < 1.29 is 4.79 Å². The van der Waals surface area contributed by atoms with Crippen molar-refractivity contribution in [2.75, 3.05) is 5.32 Å². The van der Waals surface area contributed by atoms with Crippen LogP contribution in [0.25, 0.3) is 0 Å². The second-order valence-corrected chi connectivity index (χ2v) is 4.72. The van der Waals surface area contributed by atoms with E-state index in [4.69, 9.17) is 18.0 Å². The largest absolute Gasteiger partial charge is 0.393 e. The van der Waals surface area contributed by atoms with Gasteiger partial charge in [0.2, 0.25) is 5.91 Å². The predicted molar refractivity (Wildman–Crippen MR) is 72.7 cm³/mol. The molecule has 1 atom stereocenters. The Morgan fingerprint density at radius 2 is 2.18 bits per heavy atom. The molecule has 1 aromatic rings. The lowest BCUT2D eigenvalue weighted by Gasteiger charge is -2.19. The number of hydrogen-bond acceptors (Lipinski definition) is 3. The van der Waals surface area contributed by atoms with Gasteiger partial charge in [0.25, 0.3) is 0 Å². The van der Waals surface area contributed by atoms with Crippen LogP contribution in [0.4, 0.5) is 5.69 Å². The highest BCUT2D eigenvalue weighted by atomic mass is 32.1.